The maximum absolute atomic E-state index is 12.0. The first-order chi connectivity index (χ1) is 10.2. The first-order valence-corrected chi connectivity index (χ1v) is 7.72. The van der Waals surface area contributed by atoms with Gasteiger partial charge < -0.3 is 10.2 Å². The number of hydrogen-bond acceptors (Lipinski definition) is 1. The Labute approximate surface area is 134 Å². The molecule has 0 saturated heterocycles. The third-order valence-electron chi connectivity index (χ3n) is 3.24. The van der Waals surface area contributed by atoms with Crippen molar-refractivity contribution < 1.29 is 4.79 Å². The van der Waals surface area contributed by atoms with Gasteiger partial charge in [0.15, 0.2) is 0 Å². The number of rotatable bonds is 5. The van der Waals surface area contributed by atoms with E-state index in [1.165, 1.54) is 5.56 Å². The monoisotopic (exact) mass is 346 g/mol. The zero-order chi connectivity index (χ0) is 15.1. The lowest BCUT2D eigenvalue weighted by molar-refractivity contribution is 0.207. The van der Waals surface area contributed by atoms with E-state index in [-0.39, 0.29) is 6.03 Å². The largest absolute Gasteiger partial charge is 0.338 e. The van der Waals surface area contributed by atoms with Crippen LogP contribution >= 0.6 is 15.9 Å². The molecule has 110 valence electrons. The molecule has 0 aliphatic rings. The molecule has 0 saturated carbocycles. The van der Waals surface area contributed by atoms with Crippen molar-refractivity contribution in [2.24, 2.45) is 0 Å². The van der Waals surface area contributed by atoms with Gasteiger partial charge in [-0.2, -0.15) is 0 Å². The van der Waals surface area contributed by atoms with Crippen LogP contribution in [0.25, 0.3) is 0 Å². The van der Waals surface area contributed by atoms with Gasteiger partial charge in [-0.25, -0.2) is 4.79 Å². The highest BCUT2D eigenvalue weighted by Crippen LogP contribution is 2.15. The molecular weight excluding hydrogens is 328 g/mol. The average molecular weight is 347 g/mol. The van der Waals surface area contributed by atoms with Crippen LogP contribution in [-0.2, 0) is 13.0 Å². The first kappa shape index (κ1) is 15.6. The van der Waals surface area contributed by atoms with E-state index in [1.54, 1.807) is 11.9 Å². The van der Waals surface area contributed by atoms with Crippen LogP contribution in [-0.4, -0.2) is 24.5 Å². The number of amides is 2. The van der Waals surface area contributed by atoms with Crippen LogP contribution in [0.3, 0.4) is 0 Å². The van der Waals surface area contributed by atoms with E-state index in [0.717, 1.165) is 16.5 Å². The van der Waals surface area contributed by atoms with Crippen molar-refractivity contribution in [3.05, 3.63) is 70.2 Å². The Balaban J connectivity index is 1.78. The highest BCUT2D eigenvalue weighted by molar-refractivity contribution is 9.10. The number of halogens is 1. The Morgan fingerprint density at radius 3 is 2.48 bits per heavy atom. The molecule has 2 aromatic carbocycles. The standard InChI is InChI=1S/C17H19BrN2O/c1-20(13-14-7-3-2-4-8-14)17(21)19-12-11-15-9-5-6-10-16(15)18/h2-10H,11-13H2,1H3,(H,19,21). The van der Waals surface area contributed by atoms with Crippen LogP contribution < -0.4 is 5.32 Å². The fourth-order valence-electron chi connectivity index (χ4n) is 2.07. The highest BCUT2D eigenvalue weighted by Gasteiger charge is 2.08. The summed E-state index contributed by atoms with van der Waals surface area (Å²) in [5.41, 5.74) is 2.32. The Kier molecular flexibility index (Phi) is 5.81. The van der Waals surface area contributed by atoms with Crippen LogP contribution in [0.5, 0.6) is 0 Å². The van der Waals surface area contributed by atoms with Gasteiger partial charge >= 0.3 is 6.03 Å². The van der Waals surface area contributed by atoms with Gasteiger partial charge in [-0.3, -0.25) is 0 Å². The Bertz CT molecular complexity index is 586. The number of hydrogen-bond donors (Lipinski definition) is 1. The molecule has 0 bridgehead atoms. The minimum absolute atomic E-state index is 0.0501. The molecule has 21 heavy (non-hydrogen) atoms. The Hall–Kier alpha value is -1.81. The molecule has 2 rings (SSSR count). The molecule has 0 heterocycles. The van der Waals surface area contributed by atoms with Gasteiger partial charge in [-0.15, -0.1) is 0 Å². The number of benzene rings is 2. The van der Waals surface area contributed by atoms with Crippen molar-refractivity contribution in [1.82, 2.24) is 10.2 Å². The summed E-state index contributed by atoms with van der Waals surface area (Å²) < 4.78 is 1.08. The third kappa shape index (κ3) is 4.90. The van der Waals surface area contributed by atoms with E-state index in [1.807, 2.05) is 48.5 Å². The number of urea groups is 1. The summed E-state index contributed by atoms with van der Waals surface area (Å²) in [4.78, 5) is 13.7. The van der Waals surface area contributed by atoms with Crippen LogP contribution in [0.15, 0.2) is 59.1 Å². The summed E-state index contributed by atoms with van der Waals surface area (Å²) in [6.07, 6.45) is 0.812. The molecule has 0 aliphatic heterocycles. The van der Waals surface area contributed by atoms with E-state index < -0.39 is 0 Å². The number of nitrogens with one attached hydrogen (secondary N) is 1. The molecule has 0 unspecified atom stereocenters. The average Bonchev–Trinajstić information content (AvgIpc) is 2.50. The lowest BCUT2D eigenvalue weighted by Crippen LogP contribution is -2.37. The lowest BCUT2D eigenvalue weighted by atomic mass is 10.1. The van der Waals surface area contributed by atoms with Gasteiger partial charge in [0.1, 0.15) is 0 Å². The second-order valence-corrected chi connectivity index (χ2v) is 5.77. The zero-order valence-corrected chi connectivity index (χ0v) is 13.6. The molecular formula is C17H19BrN2O. The van der Waals surface area contributed by atoms with E-state index >= 15 is 0 Å². The van der Waals surface area contributed by atoms with Crippen molar-refractivity contribution in [3.63, 3.8) is 0 Å². The highest BCUT2D eigenvalue weighted by atomic mass is 79.9. The summed E-state index contributed by atoms with van der Waals surface area (Å²) in [5, 5.41) is 2.94. The van der Waals surface area contributed by atoms with Crippen LogP contribution in [0.1, 0.15) is 11.1 Å². The fraction of sp³-hybridized carbons (Fsp3) is 0.235. The molecule has 0 radical (unpaired) electrons. The molecule has 0 aliphatic carbocycles. The van der Waals surface area contributed by atoms with E-state index in [4.69, 9.17) is 0 Å². The molecule has 1 N–H and O–H groups in total. The van der Waals surface area contributed by atoms with Gasteiger partial charge in [0.25, 0.3) is 0 Å². The molecule has 0 atom stereocenters. The van der Waals surface area contributed by atoms with E-state index in [0.29, 0.717) is 13.1 Å². The fourth-order valence-corrected chi connectivity index (χ4v) is 2.55. The molecule has 0 aromatic heterocycles. The van der Waals surface area contributed by atoms with Crippen molar-refractivity contribution in [2.45, 2.75) is 13.0 Å². The van der Waals surface area contributed by atoms with Crippen LogP contribution in [0.4, 0.5) is 4.79 Å². The normalized spacial score (nSPS) is 10.2. The predicted octanol–water partition coefficient (Wildman–Crippen LogP) is 3.83. The van der Waals surface area contributed by atoms with E-state index in [2.05, 4.69) is 27.3 Å². The van der Waals surface area contributed by atoms with Gasteiger partial charge in [0.2, 0.25) is 0 Å². The summed E-state index contributed by atoms with van der Waals surface area (Å²) in [6, 6.07) is 18.0. The third-order valence-corrected chi connectivity index (χ3v) is 4.01. The minimum atomic E-state index is -0.0501. The molecule has 0 fully saturated rings. The molecule has 3 nitrogen and oxygen atoms in total. The lowest BCUT2D eigenvalue weighted by Gasteiger charge is -2.18. The van der Waals surface area contributed by atoms with Crippen LogP contribution in [0, 0.1) is 0 Å². The van der Waals surface area contributed by atoms with Gasteiger partial charge in [0.05, 0.1) is 0 Å². The summed E-state index contributed by atoms with van der Waals surface area (Å²) >= 11 is 3.51. The van der Waals surface area contributed by atoms with Gasteiger partial charge in [-0.05, 0) is 23.6 Å². The van der Waals surface area contributed by atoms with Gasteiger partial charge in [0, 0.05) is 24.6 Å². The summed E-state index contributed by atoms with van der Waals surface area (Å²) in [6.45, 7) is 1.24. The Morgan fingerprint density at radius 2 is 1.76 bits per heavy atom. The number of carbonyl (C=O) groups is 1. The first-order valence-electron chi connectivity index (χ1n) is 6.93. The SMILES string of the molecule is CN(Cc1ccccc1)C(=O)NCCc1ccccc1Br. The second kappa shape index (κ2) is 7.84. The quantitative estimate of drug-likeness (QED) is 0.876. The summed E-state index contributed by atoms with van der Waals surface area (Å²) in [7, 11) is 1.81. The Morgan fingerprint density at radius 1 is 1.10 bits per heavy atom. The van der Waals surface area contributed by atoms with Crippen molar-refractivity contribution in [1.29, 1.82) is 0 Å². The smallest absolute Gasteiger partial charge is 0.317 e. The zero-order valence-electron chi connectivity index (χ0n) is 12.1. The maximum Gasteiger partial charge on any atom is 0.317 e. The minimum Gasteiger partial charge on any atom is -0.338 e. The molecule has 0 spiro atoms. The summed E-state index contributed by atoms with van der Waals surface area (Å²) in [5.74, 6) is 0. The van der Waals surface area contributed by atoms with E-state index in [9.17, 15) is 4.79 Å². The van der Waals surface area contributed by atoms with Crippen molar-refractivity contribution >= 4 is 22.0 Å². The van der Waals surface area contributed by atoms with Crippen LogP contribution in [0.2, 0.25) is 0 Å². The molecule has 2 aromatic rings. The van der Waals surface area contributed by atoms with Crippen molar-refractivity contribution in [2.75, 3.05) is 13.6 Å². The number of nitrogens with zero attached hydrogens (tertiary/aromatic N) is 1. The molecule has 2 amide bonds. The number of carbonyl (C=O) groups excluding carboxylic acids is 1. The van der Waals surface area contributed by atoms with Gasteiger partial charge in [-0.1, -0.05) is 64.5 Å². The maximum atomic E-state index is 12.0. The topological polar surface area (TPSA) is 32.3 Å². The van der Waals surface area contributed by atoms with Crippen molar-refractivity contribution in [3.8, 4) is 0 Å². The second-order valence-electron chi connectivity index (χ2n) is 4.91. The predicted molar refractivity (Wildman–Crippen MR) is 89.2 cm³/mol. The molecule has 4 heteroatoms.